The molecule has 0 spiro atoms. The lowest BCUT2D eigenvalue weighted by molar-refractivity contribution is 0.0955. The molecular weight excluding hydrogens is 388 g/mol. The van der Waals surface area contributed by atoms with Gasteiger partial charge in [0.15, 0.2) is 5.96 Å². The Morgan fingerprint density at radius 2 is 1.97 bits per heavy atom. The summed E-state index contributed by atoms with van der Waals surface area (Å²) in [5.41, 5.74) is 2.87. The molecule has 2 rings (SSSR count). The molecule has 0 saturated carbocycles. The summed E-state index contributed by atoms with van der Waals surface area (Å²) in [7, 11) is 3.95. The van der Waals surface area contributed by atoms with Crippen molar-refractivity contribution in [3.05, 3.63) is 52.3 Å². The van der Waals surface area contributed by atoms with Gasteiger partial charge in [0.05, 0.1) is 12.2 Å². The Bertz CT molecular complexity index is 828. The second-order valence-corrected chi connectivity index (χ2v) is 7.66. The number of aromatic nitrogens is 2. The Kier molecular flexibility index (Phi) is 8.51. The smallest absolute Gasteiger partial charge is 0.251 e. The van der Waals surface area contributed by atoms with Crippen molar-refractivity contribution in [2.75, 3.05) is 26.7 Å². The second-order valence-electron chi connectivity index (χ2n) is 7.22. The largest absolute Gasteiger partial charge is 0.357 e. The molecular formula is C21H31ClN6O. The first-order valence-corrected chi connectivity index (χ1v) is 10.2. The van der Waals surface area contributed by atoms with Crippen LogP contribution in [-0.4, -0.2) is 53.2 Å². The van der Waals surface area contributed by atoms with Gasteiger partial charge < -0.3 is 15.5 Å². The number of aryl methyl sites for hydroxylation is 1. The molecule has 0 saturated heterocycles. The van der Waals surface area contributed by atoms with E-state index in [1.165, 1.54) is 5.56 Å². The van der Waals surface area contributed by atoms with Crippen molar-refractivity contribution in [1.29, 1.82) is 0 Å². The molecule has 1 aromatic heterocycles. The molecule has 0 aliphatic rings. The summed E-state index contributed by atoms with van der Waals surface area (Å²) in [5, 5.41) is 11.4. The number of benzene rings is 1. The lowest BCUT2D eigenvalue weighted by atomic mass is 10.1. The number of nitrogens with zero attached hydrogens (tertiary/aromatic N) is 4. The predicted molar refractivity (Wildman–Crippen MR) is 119 cm³/mol. The zero-order chi connectivity index (χ0) is 21.4. The van der Waals surface area contributed by atoms with E-state index >= 15 is 0 Å². The molecule has 0 unspecified atom stereocenters. The number of amides is 1. The molecule has 0 radical (unpaired) electrons. The molecule has 8 heteroatoms. The van der Waals surface area contributed by atoms with Crippen LogP contribution in [0.25, 0.3) is 0 Å². The first-order chi connectivity index (χ1) is 13.8. The predicted octanol–water partition coefficient (Wildman–Crippen LogP) is 3.02. The van der Waals surface area contributed by atoms with Crippen molar-refractivity contribution >= 4 is 23.5 Å². The molecule has 1 amide bonds. The minimum absolute atomic E-state index is 0.132. The van der Waals surface area contributed by atoms with E-state index in [0.717, 1.165) is 18.2 Å². The molecule has 7 nitrogen and oxygen atoms in total. The molecule has 0 atom stereocenters. The minimum Gasteiger partial charge on any atom is -0.357 e. The SMILES string of the molecule is CCNC(=NCCNC(=O)c1ccc(Cl)cc1)N(C)Cc1cn(C)nc1C(C)C. The molecule has 1 heterocycles. The van der Waals surface area contributed by atoms with Crippen LogP contribution in [0.4, 0.5) is 0 Å². The summed E-state index contributed by atoms with van der Waals surface area (Å²) in [6, 6.07) is 6.82. The van der Waals surface area contributed by atoms with Crippen LogP contribution in [0.2, 0.25) is 5.02 Å². The van der Waals surface area contributed by atoms with E-state index in [9.17, 15) is 4.79 Å². The lowest BCUT2D eigenvalue weighted by Crippen LogP contribution is -2.39. The number of carbonyl (C=O) groups excluding carboxylic acids is 1. The van der Waals surface area contributed by atoms with E-state index in [-0.39, 0.29) is 5.91 Å². The van der Waals surface area contributed by atoms with Crippen LogP contribution in [0.1, 0.15) is 48.3 Å². The van der Waals surface area contributed by atoms with Gasteiger partial charge in [-0.05, 0) is 37.1 Å². The molecule has 29 heavy (non-hydrogen) atoms. The number of carbonyl (C=O) groups is 1. The maximum atomic E-state index is 12.2. The van der Waals surface area contributed by atoms with Gasteiger partial charge in [0.25, 0.3) is 5.91 Å². The molecule has 0 fully saturated rings. The van der Waals surface area contributed by atoms with Crippen LogP contribution in [0, 0.1) is 0 Å². The van der Waals surface area contributed by atoms with Crippen molar-refractivity contribution in [3.8, 4) is 0 Å². The van der Waals surface area contributed by atoms with Gasteiger partial charge >= 0.3 is 0 Å². The molecule has 1 aromatic carbocycles. The van der Waals surface area contributed by atoms with Gasteiger partial charge in [0.1, 0.15) is 0 Å². The minimum atomic E-state index is -0.132. The quantitative estimate of drug-likeness (QED) is 0.392. The van der Waals surface area contributed by atoms with E-state index in [2.05, 4.69) is 45.7 Å². The average Bonchev–Trinajstić information content (AvgIpc) is 3.05. The third kappa shape index (κ3) is 6.78. The van der Waals surface area contributed by atoms with Crippen LogP contribution in [0.5, 0.6) is 0 Å². The Balaban J connectivity index is 1.94. The van der Waals surface area contributed by atoms with Crippen molar-refractivity contribution in [2.24, 2.45) is 12.0 Å². The van der Waals surface area contributed by atoms with Gasteiger partial charge in [-0.3, -0.25) is 14.5 Å². The van der Waals surface area contributed by atoms with E-state index < -0.39 is 0 Å². The summed E-state index contributed by atoms with van der Waals surface area (Å²) in [6.45, 7) is 8.75. The molecule has 0 bridgehead atoms. The van der Waals surface area contributed by atoms with E-state index in [1.807, 2.05) is 25.7 Å². The van der Waals surface area contributed by atoms with Crippen molar-refractivity contribution in [3.63, 3.8) is 0 Å². The van der Waals surface area contributed by atoms with Crippen LogP contribution < -0.4 is 10.6 Å². The van der Waals surface area contributed by atoms with Crippen molar-refractivity contribution in [1.82, 2.24) is 25.3 Å². The number of nitrogens with one attached hydrogen (secondary N) is 2. The number of halogens is 1. The molecule has 158 valence electrons. The zero-order valence-corrected chi connectivity index (χ0v) is 18.6. The molecule has 0 aliphatic carbocycles. The van der Waals surface area contributed by atoms with E-state index in [1.54, 1.807) is 24.3 Å². The van der Waals surface area contributed by atoms with Crippen LogP contribution >= 0.6 is 11.6 Å². The van der Waals surface area contributed by atoms with Gasteiger partial charge in [-0.25, -0.2) is 0 Å². The molecule has 2 N–H and O–H groups in total. The normalized spacial score (nSPS) is 11.6. The fourth-order valence-electron chi connectivity index (χ4n) is 3.00. The maximum Gasteiger partial charge on any atom is 0.251 e. The lowest BCUT2D eigenvalue weighted by Gasteiger charge is -2.22. The number of hydrogen-bond donors (Lipinski definition) is 2. The van der Waals surface area contributed by atoms with Gasteiger partial charge in [-0.2, -0.15) is 5.10 Å². The van der Waals surface area contributed by atoms with Crippen LogP contribution in [0.15, 0.2) is 35.5 Å². The molecule has 0 aliphatic heterocycles. The van der Waals surface area contributed by atoms with E-state index in [0.29, 0.717) is 36.1 Å². The number of rotatable bonds is 8. The summed E-state index contributed by atoms with van der Waals surface area (Å²) in [6.07, 6.45) is 2.06. The van der Waals surface area contributed by atoms with Gasteiger partial charge in [0, 0.05) is 56.1 Å². The highest BCUT2D eigenvalue weighted by Gasteiger charge is 2.15. The monoisotopic (exact) mass is 418 g/mol. The maximum absolute atomic E-state index is 12.2. The zero-order valence-electron chi connectivity index (χ0n) is 17.9. The summed E-state index contributed by atoms with van der Waals surface area (Å²) < 4.78 is 1.86. The van der Waals surface area contributed by atoms with Crippen molar-refractivity contribution in [2.45, 2.75) is 33.2 Å². The van der Waals surface area contributed by atoms with Crippen LogP contribution in [-0.2, 0) is 13.6 Å². The van der Waals surface area contributed by atoms with Crippen molar-refractivity contribution < 1.29 is 4.79 Å². The van der Waals surface area contributed by atoms with Gasteiger partial charge in [-0.1, -0.05) is 25.4 Å². The standard InChI is InChI=1S/C21H31ClN6O/c1-6-23-21(27(4)13-17-14-28(5)26-19(17)15(2)3)25-12-11-24-20(29)16-7-9-18(22)10-8-16/h7-10,14-15H,6,11-13H2,1-5H3,(H,23,25)(H,24,29). The van der Waals surface area contributed by atoms with Crippen LogP contribution in [0.3, 0.4) is 0 Å². The Morgan fingerprint density at radius 3 is 2.59 bits per heavy atom. The Hall–Kier alpha value is -2.54. The molecule has 2 aromatic rings. The number of hydrogen-bond acceptors (Lipinski definition) is 3. The highest BCUT2D eigenvalue weighted by Crippen LogP contribution is 2.18. The van der Waals surface area contributed by atoms with Gasteiger partial charge in [-0.15, -0.1) is 0 Å². The second kappa shape index (κ2) is 10.9. The third-order valence-electron chi connectivity index (χ3n) is 4.35. The highest BCUT2D eigenvalue weighted by molar-refractivity contribution is 6.30. The Morgan fingerprint density at radius 1 is 1.28 bits per heavy atom. The van der Waals surface area contributed by atoms with E-state index in [4.69, 9.17) is 11.6 Å². The topological polar surface area (TPSA) is 74.6 Å². The summed E-state index contributed by atoms with van der Waals surface area (Å²) >= 11 is 5.86. The summed E-state index contributed by atoms with van der Waals surface area (Å²) in [4.78, 5) is 18.9. The number of aliphatic imine (C=N–C) groups is 1. The van der Waals surface area contributed by atoms with Gasteiger partial charge in [0.2, 0.25) is 0 Å². The number of guanidine groups is 1. The first kappa shape index (κ1) is 22.7. The summed E-state index contributed by atoms with van der Waals surface area (Å²) in [5.74, 6) is 1.03. The fourth-order valence-corrected chi connectivity index (χ4v) is 3.12. The third-order valence-corrected chi connectivity index (χ3v) is 4.61. The average molecular weight is 419 g/mol. The first-order valence-electron chi connectivity index (χ1n) is 9.87. The highest BCUT2D eigenvalue weighted by atomic mass is 35.5. The fraction of sp³-hybridized carbons (Fsp3) is 0.476. The Labute approximate surface area is 178 Å².